The van der Waals surface area contributed by atoms with E-state index in [9.17, 15) is 4.79 Å². The maximum absolute atomic E-state index is 12.4. The smallest absolute Gasteiger partial charge is 0.241 e. The van der Waals surface area contributed by atoms with Crippen molar-refractivity contribution in [3.05, 3.63) is 0 Å². The van der Waals surface area contributed by atoms with Crippen LogP contribution in [0.2, 0.25) is 0 Å². The van der Waals surface area contributed by atoms with Crippen molar-refractivity contribution in [2.75, 3.05) is 6.54 Å². The molecule has 1 aliphatic rings. The predicted octanol–water partition coefficient (Wildman–Crippen LogP) is 2.47. The van der Waals surface area contributed by atoms with E-state index in [0.717, 1.165) is 13.0 Å². The zero-order valence-corrected chi connectivity index (χ0v) is 12.2. The maximum Gasteiger partial charge on any atom is 0.241 e. The topological polar surface area (TPSA) is 32.3 Å². The number of nitrogens with one attached hydrogen (secondary N) is 1. The highest BCUT2D eigenvalue weighted by atomic mass is 16.2. The first kappa shape index (κ1) is 14.5. The largest absolute Gasteiger partial charge is 0.325 e. The van der Waals surface area contributed by atoms with Crippen LogP contribution in [-0.2, 0) is 4.79 Å². The van der Waals surface area contributed by atoms with Crippen LogP contribution in [0.1, 0.15) is 48.0 Å². The Bertz CT molecular complexity index is 261. The lowest BCUT2D eigenvalue weighted by atomic mass is 10.0. The van der Waals surface area contributed by atoms with Crippen LogP contribution < -0.4 is 5.32 Å². The zero-order chi connectivity index (χ0) is 13.2. The number of carbonyl (C=O) groups excluding carboxylic acids is 1. The fourth-order valence-electron chi connectivity index (χ4n) is 2.49. The Hall–Kier alpha value is -0.570. The number of nitrogens with zero attached hydrogens (tertiary/aromatic N) is 1. The summed E-state index contributed by atoms with van der Waals surface area (Å²) >= 11 is 0. The third-order valence-electron chi connectivity index (χ3n) is 3.19. The lowest BCUT2D eigenvalue weighted by molar-refractivity contribution is -0.131. The molecule has 0 bridgehead atoms. The third-order valence-corrected chi connectivity index (χ3v) is 3.19. The first-order valence-corrected chi connectivity index (χ1v) is 6.89. The summed E-state index contributed by atoms with van der Waals surface area (Å²) in [6, 6.07) is 0.0288. The van der Waals surface area contributed by atoms with Crippen LogP contribution in [0.3, 0.4) is 0 Å². The fourth-order valence-corrected chi connectivity index (χ4v) is 2.49. The van der Waals surface area contributed by atoms with Crippen molar-refractivity contribution in [2.45, 2.75) is 60.2 Å². The molecule has 0 saturated carbocycles. The molecule has 1 heterocycles. The van der Waals surface area contributed by atoms with Crippen LogP contribution in [0.5, 0.6) is 0 Å². The van der Waals surface area contributed by atoms with Gasteiger partial charge in [0.05, 0.1) is 12.2 Å². The van der Waals surface area contributed by atoms with Gasteiger partial charge < -0.3 is 4.90 Å². The average molecular weight is 240 g/mol. The van der Waals surface area contributed by atoms with Crippen LogP contribution in [0.15, 0.2) is 0 Å². The minimum Gasteiger partial charge on any atom is -0.325 e. The van der Waals surface area contributed by atoms with Gasteiger partial charge in [0.2, 0.25) is 5.91 Å². The number of amides is 1. The van der Waals surface area contributed by atoms with E-state index in [2.05, 4.69) is 46.9 Å². The van der Waals surface area contributed by atoms with E-state index in [1.165, 1.54) is 0 Å². The number of carbonyl (C=O) groups is 1. The Balaban J connectivity index is 2.74. The number of hydrogen-bond donors (Lipinski definition) is 1. The van der Waals surface area contributed by atoms with Gasteiger partial charge in [-0.05, 0) is 24.2 Å². The molecule has 0 radical (unpaired) electrons. The van der Waals surface area contributed by atoms with Gasteiger partial charge in [-0.25, -0.2) is 0 Å². The third kappa shape index (κ3) is 3.70. The Kier molecular flexibility index (Phi) is 4.99. The van der Waals surface area contributed by atoms with Crippen molar-refractivity contribution < 1.29 is 4.79 Å². The molecular weight excluding hydrogens is 212 g/mol. The molecule has 2 unspecified atom stereocenters. The monoisotopic (exact) mass is 240 g/mol. The Morgan fingerprint density at radius 1 is 1.12 bits per heavy atom. The highest BCUT2D eigenvalue weighted by Gasteiger charge is 2.40. The summed E-state index contributed by atoms with van der Waals surface area (Å²) in [6.07, 6.45) is 1.16. The van der Waals surface area contributed by atoms with Crippen molar-refractivity contribution >= 4 is 5.91 Å². The van der Waals surface area contributed by atoms with Gasteiger partial charge in [-0.3, -0.25) is 10.1 Å². The van der Waals surface area contributed by atoms with E-state index in [1.807, 2.05) is 4.90 Å². The van der Waals surface area contributed by atoms with E-state index >= 15 is 0 Å². The second-order valence-electron chi connectivity index (χ2n) is 6.42. The van der Waals surface area contributed by atoms with Gasteiger partial charge in [0.15, 0.2) is 0 Å². The van der Waals surface area contributed by atoms with Gasteiger partial charge in [0.1, 0.15) is 0 Å². The lowest BCUT2D eigenvalue weighted by Crippen LogP contribution is -2.43. The van der Waals surface area contributed by atoms with Crippen molar-refractivity contribution in [3.8, 4) is 0 Å². The molecule has 0 aromatic heterocycles. The van der Waals surface area contributed by atoms with Gasteiger partial charge in [0.25, 0.3) is 0 Å². The summed E-state index contributed by atoms with van der Waals surface area (Å²) in [5.41, 5.74) is 0. The first-order chi connectivity index (χ1) is 7.82. The zero-order valence-electron chi connectivity index (χ0n) is 12.2. The minimum atomic E-state index is 0.0288. The molecule has 3 heteroatoms. The molecule has 1 N–H and O–H groups in total. The first-order valence-electron chi connectivity index (χ1n) is 6.89. The van der Waals surface area contributed by atoms with Gasteiger partial charge in [-0.15, -0.1) is 0 Å². The second-order valence-corrected chi connectivity index (χ2v) is 6.42. The molecule has 0 aliphatic carbocycles. The van der Waals surface area contributed by atoms with Crippen molar-refractivity contribution in [1.29, 1.82) is 0 Å². The molecule has 1 rings (SSSR count). The molecule has 1 aliphatic heterocycles. The van der Waals surface area contributed by atoms with Crippen molar-refractivity contribution in [3.63, 3.8) is 0 Å². The van der Waals surface area contributed by atoms with Crippen LogP contribution in [-0.4, -0.2) is 29.6 Å². The van der Waals surface area contributed by atoms with Crippen LogP contribution in [0.25, 0.3) is 0 Å². The molecule has 17 heavy (non-hydrogen) atoms. The molecule has 1 fully saturated rings. The fraction of sp³-hybridized carbons (Fsp3) is 0.929. The molecule has 1 saturated heterocycles. The Morgan fingerprint density at radius 2 is 1.71 bits per heavy atom. The molecule has 1 amide bonds. The highest BCUT2D eigenvalue weighted by Crippen LogP contribution is 2.22. The molecule has 0 aromatic carbocycles. The normalized spacial score (nSPS) is 25.7. The maximum atomic E-state index is 12.4. The van der Waals surface area contributed by atoms with Crippen molar-refractivity contribution in [1.82, 2.24) is 10.2 Å². The van der Waals surface area contributed by atoms with E-state index < -0.39 is 0 Å². The van der Waals surface area contributed by atoms with E-state index in [0.29, 0.717) is 23.7 Å². The summed E-state index contributed by atoms with van der Waals surface area (Å²) in [5.74, 6) is 1.85. The summed E-state index contributed by atoms with van der Waals surface area (Å²) in [4.78, 5) is 14.4. The summed E-state index contributed by atoms with van der Waals surface area (Å²) in [7, 11) is 0. The molecule has 0 aromatic rings. The molecule has 100 valence electrons. The summed E-state index contributed by atoms with van der Waals surface area (Å²) in [5, 5.41) is 3.50. The van der Waals surface area contributed by atoms with Crippen LogP contribution in [0, 0.1) is 17.8 Å². The molecular formula is C14H28N2O. The van der Waals surface area contributed by atoms with Crippen molar-refractivity contribution in [2.24, 2.45) is 17.8 Å². The average Bonchev–Trinajstić information content (AvgIpc) is 2.45. The Morgan fingerprint density at radius 3 is 2.12 bits per heavy atom. The standard InChI is InChI=1S/C14H28N2O/c1-9(2)7-12-14(17)16(8-10(3)4)13(15-12)11(5)6/h9-13,15H,7-8H2,1-6H3. The lowest BCUT2D eigenvalue weighted by Gasteiger charge is -2.28. The van der Waals surface area contributed by atoms with Gasteiger partial charge in [-0.2, -0.15) is 0 Å². The number of hydrogen-bond acceptors (Lipinski definition) is 2. The van der Waals surface area contributed by atoms with Crippen LogP contribution >= 0.6 is 0 Å². The molecule has 3 nitrogen and oxygen atoms in total. The quantitative estimate of drug-likeness (QED) is 0.800. The SMILES string of the molecule is CC(C)CC1NC(C(C)C)N(CC(C)C)C1=O. The molecule has 0 spiro atoms. The van der Waals surface area contributed by atoms with Gasteiger partial charge >= 0.3 is 0 Å². The van der Waals surface area contributed by atoms with Crippen LogP contribution in [0.4, 0.5) is 0 Å². The Labute approximate surface area is 106 Å². The second kappa shape index (κ2) is 5.85. The highest BCUT2D eigenvalue weighted by molar-refractivity contribution is 5.84. The van der Waals surface area contributed by atoms with E-state index in [4.69, 9.17) is 0 Å². The minimum absolute atomic E-state index is 0.0288. The van der Waals surface area contributed by atoms with Gasteiger partial charge in [-0.1, -0.05) is 41.5 Å². The summed E-state index contributed by atoms with van der Waals surface area (Å²) in [6.45, 7) is 13.9. The molecule has 2 atom stereocenters. The van der Waals surface area contributed by atoms with E-state index in [1.54, 1.807) is 0 Å². The predicted molar refractivity (Wildman–Crippen MR) is 71.6 cm³/mol. The van der Waals surface area contributed by atoms with Gasteiger partial charge in [0, 0.05) is 6.54 Å². The number of rotatable bonds is 5. The summed E-state index contributed by atoms with van der Waals surface area (Å²) < 4.78 is 0. The van der Waals surface area contributed by atoms with E-state index in [-0.39, 0.29) is 12.2 Å².